The standard InChI is InChI=1S/C18H16N2O3/c1-11-16(14-5-3-4-6-15(14)19-11)17(21)18(22)20-12-7-9-13(23-2)10-8-12/h3-10,19H,1-2H3,(H,20,22). The fourth-order valence-corrected chi connectivity index (χ4v) is 2.54. The number of para-hydroxylation sites is 1. The smallest absolute Gasteiger partial charge is 0.296 e. The Balaban J connectivity index is 1.86. The number of anilines is 1. The number of hydrogen-bond acceptors (Lipinski definition) is 3. The van der Waals surface area contributed by atoms with E-state index < -0.39 is 11.7 Å². The molecule has 116 valence electrons. The zero-order chi connectivity index (χ0) is 16.4. The molecule has 0 saturated carbocycles. The van der Waals surface area contributed by atoms with Crippen LogP contribution < -0.4 is 10.1 Å². The van der Waals surface area contributed by atoms with Crippen molar-refractivity contribution in [1.82, 2.24) is 4.98 Å². The van der Waals surface area contributed by atoms with Crippen molar-refractivity contribution in [2.24, 2.45) is 0 Å². The van der Waals surface area contributed by atoms with Crippen LogP contribution >= 0.6 is 0 Å². The van der Waals surface area contributed by atoms with Crippen molar-refractivity contribution in [3.63, 3.8) is 0 Å². The van der Waals surface area contributed by atoms with Gasteiger partial charge in [-0.3, -0.25) is 9.59 Å². The van der Waals surface area contributed by atoms with Crippen LogP contribution in [0.4, 0.5) is 5.69 Å². The number of aryl methyl sites for hydroxylation is 1. The summed E-state index contributed by atoms with van der Waals surface area (Å²) in [6.45, 7) is 1.79. The first-order chi connectivity index (χ1) is 11.1. The number of carbonyl (C=O) groups excluding carboxylic acids is 2. The lowest BCUT2D eigenvalue weighted by Gasteiger charge is -2.06. The molecule has 2 aromatic carbocycles. The third-order valence-electron chi connectivity index (χ3n) is 3.67. The van der Waals surface area contributed by atoms with Crippen LogP contribution in [0.2, 0.25) is 0 Å². The van der Waals surface area contributed by atoms with Crippen molar-refractivity contribution in [1.29, 1.82) is 0 Å². The van der Waals surface area contributed by atoms with Gasteiger partial charge in [0.1, 0.15) is 5.75 Å². The van der Waals surface area contributed by atoms with Gasteiger partial charge in [-0.2, -0.15) is 0 Å². The Hall–Kier alpha value is -3.08. The average Bonchev–Trinajstić information content (AvgIpc) is 2.90. The van der Waals surface area contributed by atoms with Gasteiger partial charge >= 0.3 is 0 Å². The molecule has 0 atom stereocenters. The van der Waals surface area contributed by atoms with Gasteiger partial charge in [0.25, 0.3) is 11.7 Å². The highest BCUT2D eigenvalue weighted by Crippen LogP contribution is 2.23. The van der Waals surface area contributed by atoms with Gasteiger partial charge in [-0.05, 0) is 37.3 Å². The van der Waals surface area contributed by atoms with E-state index in [4.69, 9.17) is 4.74 Å². The third kappa shape index (κ3) is 2.81. The first kappa shape index (κ1) is 14.8. The molecule has 1 amide bonds. The number of rotatable bonds is 4. The largest absolute Gasteiger partial charge is 0.497 e. The Morgan fingerprint density at radius 3 is 2.43 bits per heavy atom. The van der Waals surface area contributed by atoms with Crippen LogP contribution in [0.1, 0.15) is 16.1 Å². The molecule has 5 nitrogen and oxygen atoms in total. The monoisotopic (exact) mass is 308 g/mol. The number of aromatic amines is 1. The first-order valence-electron chi connectivity index (χ1n) is 7.17. The van der Waals surface area contributed by atoms with Gasteiger partial charge in [0.2, 0.25) is 0 Å². The Morgan fingerprint density at radius 1 is 1.04 bits per heavy atom. The summed E-state index contributed by atoms with van der Waals surface area (Å²) in [6, 6.07) is 14.2. The van der Waals surface area contributed by atoms with E-state index in [2.05, 4.69) is 10.3 Å². The van der Waals surface area contributed by atoms with Gasteiger partial charge in [-0.15, -0.1) is 0 Å². The van der Waals surface area contributed by atoms with Crippen LogP contribution in [-0.4, -0.2) is 23.8 Å². The quantitative estimate of drug-likeness (QED) is 0.574. The van der Waals surface area contributed by atoms with Crippen molar-refractivity contribution in [3.8, 4) is 5.75 Å². The molecule has 0 unspecified atom stereocenters. The lowest BCUT2D eigenvalue weighted by atomic mass is 10.1. The minimum atomic E-state index is -0.664. The fourth-order valence-electron chi connectivity index (χ4n) is 2.54. The topological polar surface area (TPSA) is 71.2 Å². The summed E-state index contributed by atoms with van der Waals surface area (Å²) < 4.78 is 5.06. The Bertz CT molecular complexity index is 879. The molecule has 23 heavy (non-hydrogen) atoms. The summed E-state index contributed by atoms with van der Waals surface area (Å²) in [5, 5.41) is 3.37. The molecule has 0 saturated heterocycles. The fraction of sp³-hybridized carbons (Fsp3) is 0.111. The molecule has 3 rings (SSSR count). The number of aromatic nitrogens is 1. The van der Waals surface area contributed by atoms with E-state index >= 15 is 0 Å². The number of benzene rings is 2. The summed E-state index contributed by atoms with van der Waals surface area (Å²) >= 11 is 0. The molecule has 1 aromatic heterocycles. The van der Waals surface area contributed by atoms with Crippen molar-refractivity contribution in [2.75, 3.05) is 12.4 Å². The normalized spacial score (nSPS) is 10.5. The van der Waals surface area contributed by atoms with E-state index in [1.54, 1.807) is 38.3 Å². The molecule has 0 bridgehead atoms. The van der Waals surface area contributed by atoms with Crippen LogP contribution in [0.25, 0.3) is 10.9 Å². The zero-order valence-electron chi connectivity index (χ0n) is 12.8. The van der Waals surface area contributed by atoms with Gasteiger partial charge in [-0.25, -0.2) is 0 Å². The molecule has 0 radical (unpaired) electrons. The third-order valence-corrected chi connectivity index (χ3v) is 3.67. The zero-order valence-corrected chi connectivity index (χ0v) is 12.8. The molecule has 3 aromatic rings. The second-order valence-corrected chi connectivity index (χ2v) is 5.18. The summed E-state index contributed by atoms with van der Waals surface area (Å²) in [5.74, 6) is -0.541. The number of methoxy groups -OCH3 is 1. The first-order valence-corrected chi connectivity index (χ1v) is 7.17. The Morgan fingerprint density at radius 2 is 1.74 bits per heavy atom. The summed E-state index contributed by atoms with van der Waals surface area (Å²) in [6.07, 6.45) is 0. The number of amides is 1. The maximum atomic E-state index is 12.5. The molecule has 0 spiro atoms. The van der Waals surface area contributed by atoms with Crippen molar-refractivity contribution >= 4 is 28.3 Å². The number of carbonyl (C=O) groups is 2. The predicted molar refractivity (Wildman–Crippen MR) is 89.0 cm³/mol. The Labute approximate surface area is 133 Å². The van der Waals surface area contributed by atoms with E-state index in [-0.39, 0.29) is 0 Å². The van der Waals surface area contributed by atoms with E-state index in [0.717, 1.165) is 10.9 Å². The van der Waals surface area contributed by atoms with E-state index in [1.807, 2.05) is 24.3 Å². The molecule has 5 heteroatoms. The highest BCUT2D eigenvalue weighted by molar-refractivity contribution is 6.48. The van der Waals surface area contributed by atoms with Crippen molar-refractivity contribution in [2.45, 2.75) is 6.92 Å². The lowest BCUT2D eigenvalue weighted by molar-refractivity contribution is -0.112. The number of ether oxygens (including phenoxy) is 1. The summed E-state index contributed by atoms with van der Waals surface area (Å²) in [5.41, 5.74) is 2.47. The molecular weight excluding hydrogens is 292 g/mol. The van der Waals surface area contributed by atoms with Crippen molar-refractivity contribution < 1.29 is 14.3 Å². The second-order valence-electron chi connectivity index (χ2n) is 5.18. The van der Waals surface area contributed by atoms with Gasteiger partial charge in [-0.1, -0.05) is 18.2 Å². The maximum absolute atomic E-state index is 12.5. The molecule has 0 aliphatic heterocycles. The molecule has 2 N–H and O–H groups in total. The second kappa shape index (κ2) is 5.96. The molecule has 0 fully saturated rings. The number of H-pyrrole nitrogens is 1. The number of nitrogens with one attached hydrogen (secondary N) is 2. The average molecular weight is 308 g/mol. The summed E-state index contributed by atoms with van der Waals surface area (Å²) in [7, 11) is 1.57. The van der Waals surface area contributed by atoms with Gasteiger partial charge in [0, 0.05) is 22.3 Å². The number of hydrogen-bond donors (Lipinski definition) is 2. The minimum absolute atomic E-state index is 0.409. The lowest BCUT2D eigenvalue weighted by Crippen LogP contribution is -2.23. The van der Waals surface area contributed by atoms with Gasteiger partial charge < -0.3 is 15.0 Å². The SMILES string of the molecule is COc1ccc(NC(=O)C(=O)c2c(C)[nH]c3ccccc23)cc1. The van der Waals surface area contributed by atoms with Gasteiger partial charge in [0.15, 0.2) is 0 Å². The number of Topliss-reactive ketones (excluding diaryl/α,β-unsaturated/α-hetero) is 1. The number of ketones is 1. The summed E-state index contributed by atoms with van der Waals surface area (Å²) in [4.78, 5) is 27.9. The van der Waals surface area contributed by atoms with E-state index in [9.17, 15) is 9.59 Å². The van der Waals surface area contributed by atoms with Crippen LogP contribution in [0.3, 0.4) is 0 Å². The van der Waals surface area contributed by atoms with E-state index in [1.165, 1.54) is 0 Å². The van der Waals surface area contributed by atoms with Gasteiger partial charge in [0.05, 0.1) is 12.7 Å². The highest BCUT2D eigenvalue weighted by atomic mass is 16.5. The Kier molecular flexibility index (Phi) is 3.85. The van der Waals surface area contributed by atoms with E-state index in [0.29, 0.717) is 22.7 Å². The van der Waals surface area contributed by atoms with Crippen LogP contribution in [-0.2, 0) is 4.79 Å². The van der Waals surface area contributed by atoms with Crippen LogP contribution in [0.15, 0.2) is 48.5 Å². The van der Waals surface area contributed by atoms with Crippen LogP contribution in [0, 0.1) is 6.92 Å². The molecular formula is C18H16N2O3. The maximum Gasteiger partial charge on any atom is 0.296 e. The van der Waals surface area contributed by atoms with Crippen LogP contribution in [0.5, 0.6) is 5.75 Å². The highest BCUT2D eigenvalue weighted by Gasteiger charge is 2.22. The number of fused-ring (bicyclic) bond motifs is 1. The van der Waals surface area contributed by atoms with Crippen molar-refractivity contribution in [3.05, 3.63) is 59.8 Å². The molecule has 1 heterocycles. The molecule has 0 aliphatic carbocycles. The molecule has 0 aliphatic rings. The predicted octanol–water partition coefficient (Wildman–Crippen LogP) is 3.31. The minimum Gasteiger partial charge on any atom is -0.497 e.